The summed E-state index contributed by atoms with van der Waals surface area (Å²) in [5, 5.41) is 9.52. The van der Waals surface area contributed by atoms with E-state index in [0.29, 0.717) is 12.8 Å². The molecule has 5 nitrogen and oxygen atoms in total. The van der Waals surface area contributed by atoms with Crippen LogP contribution in [0.3, 0.4) is 0 Å². The Labute approximate surface area is 293 Å². The predicted octanol–water partition coefficient (Wildman–Crippen LogP) is 11.5. The molecule has 0 fully saturated rings. The van der Waals surface area contributed by atoms with E-state index in [1.807, 2.05) is 12.2 Å². The molecule has 0 aromatic rings. The molecule has 48 heavy (non-hydrogen) atoms. The maximum Gasteiger partial charge on any atom is 0.306 e. The summed E-state index contributed by atoms with van der Waals surface area (Å²) in [6, 6.07) is 0. The van der Waals surface area contributed by atoms with Crippen LogP contribution in [0, 0.1) is 0 Å². The van der Waals surface area contributed by atoms with Crippen LogP contribution in [0.15, 0.2) is 109 Å². The Balaban J connectivity index is 3.83. The van der Waals surface area contributed by atoms with E-state index in [0.717, 1.165) is 70.6 Å². The van der Waals surface area contributed by atoms with Crippen LogP contribution < -0.4 is 0 Å². The van der Waals surface area contributed by atoms with Gasteiger partial charge in [-0.15, -0.1) is 0 Å². The van der Waals surface area contributed by atoms with Crippen molar-refractivity contribution in [2.75, 3.05) is 13.2 Å². The molecule has 0 saturated heterocycles. The van der Waals surface area contributed by atoms with Crippen molar-refractivity contribution in [3.05, 3.63) is 109 Å². The van der Waals surface area contributed by atoms with Crippen LogP contribution in [0.5, 0.6) is 0 Å². The van der Waals surface area contributed by atoms with E-state index in [9.17, 15) is 14.7 Å². The fourth-order valence-electron chi connectivity index (χ4n) is 4.29. The Kier molecular flexibility index (Phi) is 35.3. The Morgan fingerprint density at radius 2 is 0.917 bits per heavy atom. The molecule has 0 saturated carbocycles. The highest BCUT2D eigenvalue weighted by Gasteiger charge is 2.15. The van der Waals surface area contributed by atoms with E-state index >= 15 is 0 Å². The normalized spacial score (nSPS) is 13.5. The Hall–Kier alpha value is -3.44. The molecule has 5 heteroatoms. The molecule has 0 aliphatic rings. The van der Waals surface area contributed by atoms with Crippen LogP contribution in [0.1, 0.15) is 129 Å². The van der Waals surface area contributed by atoms with Gasteiger partial charge in [0.1, 0.15) is 6.61 Å². The summed E-state index contributed by atoms with van der Waals surface area (Å²) in [7, 11) is 0. The highest BCUT2D eigenvalue weighted by Crippen LogP contribution is 2.06. The zero-order valence-electron chi connectivity index (χ0n) is 30.2. The maximum absolute atomic E-state index is 12.1. The van der Waals surface area contributed by atoms with E-state index < -0.39 is 12.1 Å². The third kappa shape index (κ3) is 35.4. The lowest BCUT2D eigenvalue weighted by molar-refractivity contribution is -0.161. The molecule has 0 bridgehead atoms. The number of unbranched alkanes of at least 4 members (excludes halogenated alkanes) is 5. The molecule has 1 atom stereocenters. The lowest BCUT2D eigenvalue weighted by Gasteiger charge is -2.15. The zero-order valence-corrected chi connectivity index (χ0v) is 30.2. The number of aliphatic hydroxyl groups excluding tert-OH is 1. The van der Waals surface area contributed by atoms with Crippen molar-refractivity contribution < 1.29 is 24.2 Å². The van der Waals surface area contributed by atoms with Crippen molar-refractivity contribution in [3.8, 4) is 0 Å². The minimum absolute atomic E-state index is 0.124. The first-order valence-electron chi connectivity index (χ1n) is 18.4. The van der Waals surface area contributed by atoms with Gasteiger partial charge in [-0.05, 0) is 89.9 Å². The topological polar surface area (TPSA) is 72.8 Å². The van der Waals surface area contributed by atoms with Crippen LogP contribution in [-0.4, -0.2) is 36.4 Å². The molecule has 0 aliphatic heterocycles. The highest BCUT2D eigenvalue weighted by atomic mass is 16.6. The van der Waals surface area contributed by atoms with Gasteiger partial charge in [0.25, 0.3) is 0 Å². The van der Waals surface area contributed by atoms with Crippen LogP contribution >= 0.6 is 0 Å². The second-order valence-electron chi connectivity index (χ2n) is 11.6. The SMILES string of the molecule is CCC=CCC=CCC=CCC=CCC=CCC=CCCC(=O)OC(CO)COC(=O)CCCCC=CCC=CCC=CCCCCC. The summed E-state index contributed by atoms with van der Waals surface area (Å²) in [5.74, 6) is -0.748. The third-order valence-electron chi connectivity index (χ3n) is 7.06. The minimum Gasteiger partial charge on any atom is -0.462 e. The maximum atomic E-state index is 12.1. The van der Waals surface area contributed by atoms with E-state index in [-0.39, 0.29) is 25.6 Å². The van der Waals surface area contributed by atoms with Crippen molar-refractivity contribution in [2.45, 2.75) is 136 Å². The highest BCUT2D eigenvalue weighted by molar-refractivity contribution is 5.70. The lowest BCUT2D eigenvalue weighted by Crippen LogP contribution is -2.28. The molecule has 1 N–H and O–H groups in total. The first-order valence-corrected chi connectivity index (χ1v) is 18.4. The second kappa shape index (κ2) is 38.0. The largest absolute Gasteiger partial charge is 0.462 e. The predicted molar refractivity (Wildman–Crippen MR) is 205 cm³/mol. The third-order valence-corrected chi connectivity index (χ3v) is 7.06. The quantitative estimate of drug-likeness (QED) is 0.0454. The number of ether oxygens (including phenoxy) is 2. The number of rotatable bonds is 31. The van der Waals surface area contributed by atoms with Gasteiger partial charge in [0.15, 0.2) is 6.10 Å². The van der Waals surface area contributed by atoms with Crippen molar-refractivity contribution in [1.29, 1.82) is 0 Å². The number of hydrogen-bond donors (Lipinski definition) is 1. The number of esters is 2. The summed E-state index contributed by atoms with van der Waals surface area (Å²) in [5.41, 5.74) is 0. The van der Waals surface area contributed by atoms with Gasteiger partial charge in [0.2, 0.25) is 0 Å². The lowest BCUT2D eigenvalue weighted by atomic mass is 10.1. The minimum atomic E-state index is -0.834. The Bertz CT molecular complexity index is 1020. The van der Waals surface area contributed by atoms with E-state index in [4.69, 9.17) is 9.47 Å². The molecule has 0 spiro atoms. The van der Waals surface area contributed by atoms with Gasteiger partial charge >= 0.3 is 11.9 Å². The standard InChI is InChI=1S/C43H66O5/c1-3-5-7-9-11-13-15-17-19-20-21-22-24-26-28-30-32-34-36-38-43(46)48-41(39-44)40-47-42(45)37-35-33-31-29-27-25-23-18-16-14-12-10-8-6-4-2/h5,7,11-14,17-19,21-23,26-29,32,34,41,44H,3-4,6,8-10,15-16,20,24-25,30-31,33,35-40H2,1-2H3. The molecular weight excluding hydrogens is 596 g/mol. The van der Waals surface area contributed by atoms with Gasteiger partial charge in [0, 0.05) is 12.8 Å². The molecule has 268 valence electrons. The van der Waals surface area contributed by atoms with Crippen molar-refractivity contribution in [1.82, 2.24) is 0 Å². The van der Waals surface area contributed by atoms with Gasteiger partial charge in [-0.2, -0.15) is 0 Å². The van der Waals surface area contributed by atoms with E-state index in [1.54, 1.807) is 0 Å². The van der Waals surface area contributed by atoms with Gasteiger partial charge in [0.05, 0.1) is 6.61 Å². The summed E-state index contributed by atoms with van der Waals surface area (Å²) < 4.78 is 10.5. The average Bonchev–Trinajstić information content (AvgIpc) is 3.09. The Morgan fingerprint density at radius 3 is 1.35 bits per heavy atom. The van der Waals surface area contributed by atoms with Crippen LogP contribution in [-0.2, 0) is 19.1 Å². The first-order chi connectivity index (χ1) is 23.6. The average molecular weight is 663 g/mol. The number of hydrogen-bond acceptors (Lipinski definition) is 5. The summed E-state index contributed by atoms with van der Waals surface area (Å²) in [4.78, 5) is 24.2. The molecule has 0 aromatic heterocycles. The van der Waals surface area contributed by atoms with Gasteiger partial charge in [-0.3, -0.25) is 9.59 Å². The summed E-state index contributed by atoms with van der Waals surface area (Å²) in [6.07, 6.45) is 54.4. The summed E-state index contributed by atoms with van der Waals surface area (Å²) in [6.45, 7) is 3.86. The van der Waals surface area contributed by atoms with Crippen molar-refractivity contribution in [3.63, 3.8) is 0 Å². The van der Waals surface area contributed by atoms with Crippen molar-refractivity contribution >= 4 is 11.9 Å². The van der Waals surface area contributed by atoms with E-state index in [2.05, 4.69) is 111 Å². The number of aliphatic hydroxyl groups is 1. The molecule has 1 unspecified atom stereocenters. The van der Waals surface area contributed by atoms with Crippen LogP contribution in [0.4, 0.5) is 0 Å². The van der Waals surface area contributed by atoms with Crippen molar-refractivity contribution in [2.24, 2.45) is 0 Å². The molecule has 0 amide bonds. The Morgan fingerprint density at radius 1 is 0.500 bits per heavy atom. The van der Waals surface area contributed by atoms with Crippen LogP contribution in [0.2, 0.25) is 0 Å². The van der Waals surface area contributed by atoms with E-state index in [1.165, 1.54) is 25.7 Å². The monoisotopic (exact) mass is 662 g/mol. The molecule has 0 aliphatic carbocycles. The number of allylic oxidation sites excluding steroid dienone is 18. The number of carbonyl (C=O) groups is 2. The molecule has 0 heterocycles. The molecule has 0 rings (SSSR count). The smallest absolute Gasteiger partial charge is 0.306 e. The molecule has 0 aromatic carbocycles. The van der Waals surface area contributed by atoms with Gasteiger partial charge < -0.3 is 14.6 Å². The fraction of sp³-hybridized carbons (Fsp3) is 0.535. The zero-order chi connectivity index (χ0) is 35.0. The van der Waals surface area contributed by atoms with Gasteiger partial charge in [-0.1, -0.05) is 136 Å². The van der Waals surface area contributed by atoms with Gasteiger partial charge in [-0.25, -0.2) is 0 Å². The first kappa shape index (κ1) is 44.6. The molecular formula is C43H66O5. The van der Waals surface area contributed by atoms with Crippen LogP contribution in [0.25, 0.3) is 0 Å². The molecule has 0 radical (unpaired) electrons. The second-order valence-corrected chi connectivity index (χ2v) is 11.6. The summed E-state index contributed by atoms with van der Waals surface area (Å²) >= 11 is 0. The fourth-order valence-corrected chi connectivity index (χ4v) is 4.29. The number of carbonyl (C=O) groups excluding carboxylic acids is 2.